The Kier molecular flexibility index (Phi) is 5.61. The average molecular weight is 450 g/mol. The average Bonchev–Trinajstić information content (AvgIpc) is 2.90. The summed E-state index contributed by atoms with van der Waals surface area (Å²) < 4.78 is 0. The number of aromatic nitrogens is 1. The van der Waals surface area contributed by atoms with Crippen LogP contribution in [0.15, 0.2) is 94.2 Å². The van der Waals surface area contributed by atoms with Crippen LogP contribution in [0.4, 0.5) is 5.82 Å². The Labute approximate surface area is 201 Å². The molecule has 1 saturated heterocycles. The van der Waals surface area contributed by atoms with Crippen LogP contribution < -0.4 is 4.90 Å². The molecule has 4 aliphatic rings. The lowest BCUT2D eigenvalue weighted by atomic mass is 9.83. The molecule has 1 fully saturated rings. The highest BCUT2D eigenvalue weighted by atomic mass is 15.4. The highest BCUT2D eigenvalue weighted by Gasteiger charge is 2.33. The molecule has 0 spiro atoms. The quantitative estimate of drug-likeness (QED) is 0.618. The van der Waals surface area contributed by atoms with Gasteiger partial charge in [-0.3, -0.25) is 0 Å². The third kappa shape index (κ3) is 4.11. The summed E-state index contributed by atoms with van der Waals surface area (Å²) in [4.78, 5) is 9.73. The fraction of sp³-hybridized carbons (Fsp3) is 0.345. The van der Waals surface area contributed by atoms with E-state index in [-0.39, 0.29) is 0 Å². The standard InChI is InChI=1S/C29H31N5/c1-21-10-12-22(13-11-21)20-27-24-7-3-4-8-25(24)29(32-31-27)34-18-16-33(17-19-34)28-15-14-23-6-2-5-9-26(23)30-28/h2-7,9-10,12-15,21,25H,8,11,16-20H2,1H3. The van der Waals surface area contributed by atoms with Gasteiger partial charge in [-0.15, -0.1) is 5.10 Å². The molecule has 3 heterocycles. The van der Waals surface area contributed by atoms with Crippen LogP contribution in [0.25, 0.3) is 10.9 Å². The third-order valence-electron chi connectivity index (χ3n) is 7.35. The molecule has 6 rings (SSSR count). The summed E-state index contributed by atoms with van der Waals surface area (Å²) in [7, 11) is 0. The summed E-state index contributed by atoms with van der Waals surface area (Å²) in [5, 5.41) is 10.8. The van der Waals surface area contributed by atoms with Gasteiger partial charge in [0, 0.05) is 43.9 Å². The minimum atomic E-state index is 0.315. The summed E-state index contributed by atoms with van der Waals surface area (Å²) in [5.41, 5.74) is 4.89. The highest BCUT2D eigenvalue weighted by molar-refractivity contribution is 6.09. The van der Waals surface area contributed by atoms with E-state index >= 15 is 0 Å². The lowest BCUT2D eigenvalue weighted by molar-refractivity contribution is 0.367. The predicted octanol–water partition coefficient (Wildman–Crippen LogP) is 5.54. The van der Waals surface area contributed by atoms with Crippen molar-refractivity contribution in [3.05, 3.63) is 84.0 Å². The molecule has 0 saturated carbocycles. The summed E-state index contributed by atoms with van der Waals surface area (Å²) in [6.45, 7) is 6.03. The Balaban J connectivity index is 1.18. The van der Waals surface area contributed by atoms with Crippen LogP contribution in [0.1, 0.15) is 26.2 Å². The maximum absolute atomic E-state index is 4.90. The Morgan fingerprint density at radius 3 is 2.65 bits per heavy atom. The van der Waals surface area contributed by atoms with Crippen LogP contribution in [0.3, 0.4) is 0 Å². The molecule has 0 N–H and O–H groups in total. The Morgan fingerprint density at radius 1 is 0.941 bits per heavy atom. The second kappa shape index (κ2) is 9.05. The third-order valence-corrected chi connectivity index (χ3v) is 7.35. The maximum Gasteiger partial charge on any atom is 0.135 e. The molecule has 0 bridgehead atoms. The normalized spacial score (nSPS) is 24.4. The summed E-state index contributed by atoms with van der Waals surface area (Å²) in [5.74, 6) is 3.14. The van der Waals surface area contributed by atoms with E-state index in [1.165, 1.54) is 16.5 Å². The fourth-order valence-corrected chi connectivity index (χ4v) is 5.32. The summed E-state index contributed by atoms with van der Waals surface area (Å²) in [6, 6.07) is 12.6. The van der Waals surface area contributed by atoms with Crippen molar-refractivity contribution in [1.29, 1.82) is 0 Å². The Bertz CT molecular complexity index is 1270. The first-order valence-electron chi connectivity index (χ1n) is 12.5. The zero-order chi connectivity index (χ0) is 22.9. The van der Waals surface area contributed by atoms with E-state index in [1.807, 2.05) is 0 Å². The van der Waals surface area contributed by atoms with E-state index in [0.29, 0.717) is 11.8 Å². The smallest absolute Gasteiger partial charge is 0.135 e. The van der Waals surface area contributed by atoms with E-state index in [0.717, 1.165) is 68.3 Å². The largest absolute Gasteiger partial charge is 0.354 e. The van der Waals surface area contributed by atoms with Crippen molar-refractivity contribution in [2.24, 2.45) is 22.0 Å². The molecule has 1 aromatic carbocycles. The Morgan fingerprint density at radius 2 is 1.79 bits per heavy atom. The first kappa shape index (κ1) is 21.1. The number of nitrogens with zero attached hydrogens (tertiary/aromatic N) is 5. The molecule has 0 radical (unpaired) electrons. The number of rotatable bonds is 3. The van der Waals surface area contributed by atoms with Crippen molar-refractivity contribution in [3.63, 3.8) is 0 Å². The number of benzene rings is 1. The van der Waals surface area contributed by atoms with Gasteiger partial charge in [-0.25, -0.2) is 4.98 Å². The van der Waals surface area contributed by atoms with E-state index in [2.05, 4.69) is 89.6 Å². The Hall–Kier alpha value is -3.47. The van der Waals surface area contributed by atoms with Crippen molar-refractivity contribution in [1.82, 2.24) is 9.88 Å². The minimum absolute atomic E-state index is 0.315. The van der Waals surface area contributed by atoms with Crippen LogP contribution in [0.5, 0.6) is 0 Å². The molecule has 2 aliphatic heterocycles. The summed E-state index contributed by atoms with van der Waals surface area (Å²) in [6.07, 6.45) is 16.6. The number of piperazine rings is 1. The lowest BCUT2D eigenvalue weighted by Gasteiger charge is -2.40. The van der Waals surface area contributed by atoms with Crippen LogP contribution in [0, 0.1) is 11.8 Å². The number of para-hydroxylation sites is 1. The number of hydrogen-bond donors (Lipinski definition) is 0. The molecule has 172 valence electrons. The fourth-order valence-electron chi connectivity index (χ4n) is 5.32. The zero-order valence-electron chi connectivity index (χ0n) is 19.8. The van der Waals surface area contributed by atoms with Gasteiger partial charge in [-0.1, -0.05) is 61.6 Å². The topological polar surface area (TPSA) is 44.1 Å². The summed E-state index contributed by atoms with van der Waals surface area (Å²) >= 11 is 0. The van der Waals surface area contributed by atoms with Gasteiger partial charge in [0.2, 0.25) is 0 Å². The van der Waals surface area contributed by atoms with Crippen LogP contribution in [-0.4, -0.2) is 47.6 Å². The second-order valence-corrected chi connectivity index (χ2v) is 9.71. The highest BCUT2D eigenvalue weighted by Crippen LogP contribution is 2.32. The molecule has 34 heavy (non-hydrogen) atoms. The van der Waals surface area contributed by atoms with E-state index in [9.17, 15) is 0 Å². The van der Waals surface area contributed by atoms with Gasteiger partial charge in [-0.2, -0.15) is 5.10 Å². The van der Waals surface area contributed by atoms with E-state index in [1.54, 1.807) is 0 Å². The molecular weight excluding hydrogens is 418 g/mol. The van der Waals surface area contributed by atoms with Crippen LogP contribution in [0.2, 0.25) is 0 Å². The minimum Gasteiger partial charge on any atom is -0.354 e. The van der Waals surface area contributed by atoms with Gasteiger partial charge in [0.15, 0.2) is 0 Å². The van der Waals surface area contributed by atoms with Gasteiger partial charge in [0.25, 0.3) is 0 Å². The molecule has 2 unspecified atom stereocenters. The van der Waals surface area contributed by atoms with Crippen molar-refractivity contribution in [2.45, 2.75) is 26.2 Å². The van der Waals surface area contributed by atoms with Crippen molar-refractivity contribution in [2.75, 3.05) is 31.1 Å². The number of fused-ring (bicyclic) bond motifs is 2. The lowest BCUT2D eigenvalue weighted by Crippen LogP contribution is -2.51. The van der Waals surface area contributed by atoms with Crippen LogP contribution >= 0.6 is 0 Å². The number of pyridine rings is 1. The van der Waals surface area contributed by atoms with Gasteiger partial charge < -0.3 is 9.80 Å². The predicted molar refractivity (Wildman–Crippen MR) is 141 cm³/mol. The zero-order valence-corrected chi connectivity index (χ0v) is 19.8. The molecule has 1 aromatic heterocycles. The SMILES string of the molecule is CC1C=CC(CC2=NN=C(N3CCN(c4ccc5ccccc5n4)CC3)C3CC=CC=C23)=CC1. The molecule has 2 aliphatic carbocycles. The second-order valence-electron chi connectivity index (χ2n) is 9.71. The van der Waals surface area contributed by atoms with Gasteiger partial charge in [-0.05, 0) is 48.1 Å². The van der Waals surface area contributed by atoms with Crippen molar-refractivity contribution < 1.29 is 0 Å². The number of allylic oxidation sites excluding steroid dienone is 7. The van der Waals surface area contributed by atoms with Crippen LogP contribution in [-0.2, 0) is 0 Å². The van der Waals surface area contributed by atoms with Gasteiger partial charge in [0.05, 0.1) is 11.2 Å². The first-order chi connectivity index (χ1) is 16.7. The molecule has 2 atom stereocenters. The van der Waals surface area contributed by atoms with Crippen molar-refractivity contribution >= 4 is 28.3 Å². The number of hydrogen-bond acceptors (Lipinski definition) is 5. The molecule has 5 heteroatoms. The van der Waals surface area contributed by atoms with E-state index in [4.69, 9.17) is 15.2 Å². The molecule has 2 aromatic rings. The first-order valence-corrected chi connectivity index (χ1v) is 12.5. The number of anilines is 1. The monoisotopic (exact) mass is 449 g/mol. The van der Waals surface area contributed by atoms with Gasteiger partial charge in [0.1, 0.15) is 11.7 Å². The molecule has 5 nitrogen and oxygen atoms in total. The van der Waals surface area contributed by atoms with Gasteiger partial charge >= 0.3 is 0 Å². The van der Waals surface area contributed by atoms with Crippen molar-refractivity contribution in [3.8, 4) is 0 Å². The van der Waals surface area contributed by atoms with E-state index < -0.39 is 0 Å². The molecular formula is C29H31N5. The number of amidine groups is 1. The maximum atomic E-state index is 4.90. The molecule has 0 amide bonds.